The number of rotatable bonds is 1. The minimum absolute atomic E-state index is 0.285. The first-order valence-electron chi connectivity index (χ1n) is 6.27. The summed E-state index contributed by atoms with van der Waals surface area (Å²) in [4.78, 5) is 11.9. The molecular formula is C13H24N4O2. The van der Waals surface area contributed by atoms with Gasteiger partial charge in [0.15, 0.2) is 5.82 Å². The molecule has 1 rings (SSSR count). The molecule has 0 radical (unpaired) electrons. The van der Waals surface area contributed by atoms with Gasteiger partial charge in [0.25, 0.3) is 0 Å². The largest absolute Gasteiger partial charge is 0.444 e. The van der Waals surface area contributed by atoms with Crippen molar-refractivity contribution in [1.82, 2.24) is 9.78 Å². The predicted molar refractivity (Wildman–Crippen MR) is 76.2 cm³/mol. The normalized spacial score (nSPS) is 12.4. The molecule has 0 fully saturated rings. The van der Waals surface area contributed by atoms with Crippen molar-refractivity contribution >= 4 is 17.7 Å². The Morgan fingerprint density at radius 3 is 2.21 bits per heavy atom. The van der Waals surface area contributed by atoms with E-state index in [1.807, 2.05) is 48.5 Å². The van der Waals surface area contributed by atoms with Crippen LogP contribution in [0, 0.1) is 6.92 Å². The van der Waals surface area contributed by atoms with E-state index < -0.39 is 11.7 Å². The highest BCUT2D eigenvalue weighted by atomic mass is 16.6. The molecule has 0 aromatic carbocycles. The first-order chi connectivity index (χ1) is 8.42. The summed E-state index contributed by atoms with van der Waals surface area (Å²) < 4.78 is 6.94. The molecule has 0 bridgehead atoms. The van der Waals surface area contributed by atoms with Gasteiger partial charge in [0.05, 0.1) is 5.54 Å². The molecule has 0 atom stereocenters. The minimum Gasteiger partial charge on any atom is -0.444 e. The Morgan fingerprint density at radius 2 is 1.79 bits per heavy atom. The van der Waals surface area contributed by atoms with Crippen molar-refractivity contribution < 1.29 is 9.53 Å². The summed E-state index contributed by atoms with van der Waals surface area (Å²) in [5.41, 5.74) is 5.72. The van der Waals surface area contributed by atoms with Crippen molar-refractivity contribution in [3.8, 4) is 0 Å². The maximum Gasteiger partial charge on any atom is 0.413 e. The van der Waals surface area contributed by atoms with Gasteiger partial charge < -0.3 is 10.5 Å². The maximum atomic E-state index is 11.9. The Bertz CT molecular complexity index is 478. The fourth-order valence-electron chi connectivity index (χ4n) is 1.55. The van der Waals surface area contributed by atoms with E-state index in [4.69, 9.17) is 10.5 Å². The number of aromatic nitrogens is 2. The standard InChI is InChI=1S/C13H24N4O2/c1-8-9(14)16-17(12(2,3)4)10(8)15-11(18)19-13(5,6)7/h1-7H3,(H2,14,16)(H,15,18). The molecule has 1 aromatic rings. The highest BCUT2D eigenvalue weighted by Crippen LogP contribution is 2.27. The molecule has 0 aliphatic carbocycles. The molecule has 0 saturated carbocycles. The van der Waals surface area contributed by atoms with E-state index in [9.17, 15) is 4.79 Å². The van der Waals surface area contributed by atoms with Crippen LogP contribution >= 0.6 is 0 Å². The second kappa shape index (κ2) is 4.75. The molecule has 0 aliphatic heterocycles. The van der Waals surface area contributed by atoms with E-state index in [1.165, 1.54) is 0 Å². The second-order valence-corrected chi connectivity index (χ2v) is 6.57. The number of carbonyl (C=O) groups is 1. The van der Waals surface area contributed by atoms with E-state index >= 15 is 0 Å². The van der Waals surface area contributed by atoms with E-state index in [0.29, 0.717) is 11.6 Å². The average molecular weight is 268 g/mol. The summed E-state index contributed by atoms with van der Waals surface area (Å²) in [7, 11) is 0. The summed E-state index contributed by atoms with van der Waals surface area (Å²) in [5.74, 6) is 0.972. The Labute approximate surface area is 114 Å². The molecule has 0 unspecified atom stereocenters. The number of hydrogen-bond donors (Lipinski definition) is 2. The third-order valence-corrected chi connectivity index (χ3v) is 2.41. The number of hydrogen-bond acceptors (Lipinski definition) is 4. The van der Waals surface area contributed by atoms with E-state index in [1.54, 1.807) is 4.68 Å². The lowest BCUT2D eigenvalue weighted by molar-refractivity contribution is 0.0633. The molecule has 1 aromatic heterocycles. The van der Waals surface area contributed by atoms with Gasteiger partial charge in [-0.25, -0.2) is 9.48 Å². The predicted octanol–water partition coefficient (Wildman–Crippen LogP) is 2.88. The Balaban J connectivity index is 3.04. The van der Waals surface area contributed by atoms with Crippen LogP contribution < -0.4 is 11.1 Å². The number of nitrogen functional groups attached to an aromatic ring is 1. The van der Waals surface area contributed by atoms with Gasteiger partial charge >= 0.3 is 6.09 Å². The Hall–Kier alpha value is -1.72. The van der Waals surface area contributed by atoms with Crippen molar-refractivity contribution in [2.75, 3.05) is 11.1 Å². The van der Waals surface area contributed by atoms with Crippen LogP contribution in [0.25, 0.3) is 0 Å². The molecule has 3 N–H and O–H groups in total. The van der Waals surface area contributed by atoms with Gasteiger partial charge in [-0.05, 0) is 48.5 Å². The van der Waals surface area contributed by atoms with Gasteiger partial charge in [-0.1, -0.05) is 0 Å². The number of ether oxygens (including phenoxy) is 1. The van der Waals surface area contributed by atoms with Crippen LogP contribution in [0.4, 0.5) is 16.4 Å². The van der Waals surface area contributed by atoms with Crippen LogP contribution in [0.1, 0.15) is 47.1 Å². The fourth-order valence-corrected chi connectivity index (χ4v) is 1.55. The zero-order valence-corrected chi connectivity index (χ0v) is 12.8. The summed E-state index contributed by atoms with van der Waals surface area (Å²) in [5, 5.41) is 6.98. The number of anilines is 2. The smallest absolute Gasteiger partial charge is 0.413 e. The van der Waals surface area contributed by atoms with Crippen LogP contribution in [-0.4, -0.2) is 21.5 Å². The van der Waals surface area contributed by atoms with Crippen molar-refractivity contribution in [2.24, 2.45) is 0 Å². The number of amides is 1. The molecule has 19 heavy (non-hydrogen) atoms. The molecule has 0 aliphatic rings. The third-order valence-electron chi connectivity index (χ3n) is 2.41. The molecule has 1 amide bonds. The number of nitrogens with one attached hydrogen (secondary N) is 1. The van der Waals surface area contributed by atoms with Crippen LogP contribution in [0.3, 0.4) is 0 Å². The lowest BCUT2D eigenvalue weighted by Crippen LogP contribution is -2.31. The summed E-state index contributed by atoms with van der Waals surface area (Å²) >= 11 is 0. The van der Waals surface area contributed by atoms with Gasteiger partial charge in [0, 0.05) is 5.56 Å². The maximum absolute atomic E-state index is 11.9. The van der Waals surface area contributed by atoms with E-state index in [0.717, 1.165) is 5.56 Å². The van der Waals surface area contributed by atoms with Gasteiger partial charge in [-0.3, -0.25) is 5.32 Å². The molecular weight excluding hydrogens is 244 g/mol. The summed E-state index contributed by atoms with van der Waals surface area (Å²) in [6.45, 7) is 13.2. The first kappa shape index (κ1) is 15.3. The monoisotopic (exact) mass is 268 g/mol. The van der Waals surface area contributed by atoms with E-state index in [-0.39, 0.29) is 5.54 Å². The minimum atomic E-state index is -0.546. The van der Waals surface area contributed by atoms with Crippen LogP contribution in [0.2, 0.25) is 0 Å². The van der Waals surface area contributed by atoms with Crippen LogP contribution in [0.15, 0.2) is 0 Å². The number of carbonyl (C=O) groups excluding carboxylic acids is 1. The summed E-state index contributed by atoms with van der Waals surface area (Å²) in [6.07, 6.45) is -0.513. The topological polar surface area (TPSA) is 82.2 Å². The lowest BCUT2D eigenvalue weighted by Gasteiger charge is -2.24. The zero-order valence-electron chi connectivity index (χ0n) is 12.8. The quantitative estimate of drug-likeness (QED) is 0.820. The van der Waals surface area contributed by atoms with E-state index in [2.05, 4.69) is 10.4 Å². The van der Waals surface area contributed by atoms with Gasteiger partial charge in [-0.2, -0.15) is 5.10 Å². The highest BCUT2D eigenvalue weighted by molar-refractivity contribution is 5.85. The number of nitrogens with zero attached hydrogens (tertiary/aromatic N) is 2. The first-order valence-corrected chi connectivity index (χ1v) is 6.27. The van der Waals surface area contributed by atoms with Crippen molar-refractivity contribution in [2.45, 2.75) is 59.6 Å². The van der Waals surface area contributed by atoms with Gasteiger partial charge in [-0.15, -0.1) is 0 Å². The fraction of sp³-hybridized carbons (Fsp3) is 0.692. The highest BCUT2D eigenvalue weighted by Gasteiger charge is 2.25. The number of nitrogens with two attached hydrogens (primary N) is 1. The third kappa shape index (κ3) is 3.87. The Morgan fingerprint density at radius 1 is 1.26 bits per heavy atom. The van der Waals surface area contributed by atoms with Crippen molar-refractivity contribution in [1.29, 1.82) is 0 Å². The van der Waals surface area contributed by atoms with Crippen molar-refractivity contribution in [3.05, 3.63) is 5.56 Å². The molecule has 0 saturated heterocycles. The van der Waals surface area contributed by atoms with Crippen LogP contribution in [0.5, 0.6) is 0 Å². The average Bonchev–Trinajstić information content (AvgIpc) is 2.42. The molecule has 108 valence electrons. The SMILES string of the molecule is Cc1c(N)nn(C(C)(C)C)c1NC(=O)OC(C)(C)C. The van der Waals surface area contributed by atoms with Crippen LogP contribution in [-0.2, 0) is 10.3 Å². The summed E-state index contributed by atoms with van der Waals surface area (Å²) in [6, 6.07) is 0. The Kier molecular flexibility index (Phi) is 3.84. The van der Waals surface area contributed by atoms with Crippen molar-refractivity contribution in [3.63, 3.8) is 0 Å². The molecule has 6 nitrogen and oxygen atoms in total. The zero-order chi connectivity index (χ0) is 15.0. The van der Waals surface area contributed by atoms with Gasteiger partial charge in [0.1, 0.15) is 11.4 Å². The molecule has 6 heteroatoms. The lowest BCUT2D eigenvalue weighted by atomic mass is 10.1. The van der Waals surface area contributed by atoms with Gasteiger partial charge in [0.2, 0.25) is 0 Å². The molecule has 0 spiro atoms. The second-order valence-electron chi connectivity index (χ2n) is 6.57. The molecule has 1 heterocycles.